The molecule has 0 bridgehead atoms. The van der Waals surface area contributed by atoms with Crippen LogP contribution in [0.4, 0.5) is 28.9 Å². The van der Waals surface area contributed by atoms with E-state index in [1.807, 2.05) is 30.6 Å². The molecule has 340 valence electrons. The monoisotopic (exact) mass is 902 g/mol. The largest absolute Gasteiger partial charge is 0.420 e. The Balaban J connectivity index is 0.925. The summed E-state index contributed by atoms with van der Waals surface area (Å²) in [5, 5.41) is 12.1. The van der Waals surface area contributed by atoms with Gasteiger partial charge in [-0.3, -0.25) is 29.1 Å². The minimum absolute atomic E-state index is 0.00863. The molecule has 7 rings (SSSR count). The van der Waals surface area contributed by atoms with E-state index < -0.39 is 51.7 Å². The van der Waals surface area contributed by atoms with E-state index in [4.69, 9.17) is 12.2 Å². The number of halogens is 4. The number of aromatic nitrogens is 1. The van der Waals surface area contributed by atoms with Crippen LogP contribution in [0.3, 0.4) is 0 Å². The molecule has 2 atom stereocenters. The van der Waals surface area contributed by atoms with Crippen molar-refractivity contribution in [2.75, 3.05) is 42.5 Å². The maximum Gasteiger partial charge on any atom is 0.420 e. The van der Waals surface area contributed by atoms with Crippen LogP contribution in [-0.2, 0) is 20.6 Å². The number of benzene rings is 2. The van der Waals surface area contributed by atoms with E-state index in [1.54, 1.807) is 36.4 Å². The van der Waals surface area contributed by atoms with Gasteiger partial charge in [0.2, 0.25) is 11.8 Å². The Morgan fingerprint density at radius 1 is 0.922 bits per heavy atom. The zero-order valence-corrected chi connectivity index (χ0v) is 37.8. The molecule has 4 fully saturated rings. The highest BCUT2D eigenvalue weighted by atomic mass is 32.1. The van der Waals surface area contributed by atoms with Gasteiger partial charge < -0.3 is 24.9 Å². The van der Waals surface area contributed by atoms with Crippen LogP contribution in [0, 0.1) is 28.5 Å². The number of hydrogen-bond acceptors (Lipinski definition) is 8. The van der Waals surface area contributed by atoms with Gasteiger partial charge in [0, 0.05) is 48.8 Å². The van der Waals surface area contributed by atoms with Gasteiger partial charge in [0.05, 0.1) is 34.9 Å². The molecule has 4 aliphatic heterocycles. The number of carbonyl (C=O) groups excluding carboxylic acids is 4. The molecule has 0 saturated carbocycles. The Bertz CT molecular complexity index is 2350. The second kappa shape index (κ2) is 17.8. The van der Waals surface area contributed by atoms with E-state index in [9.17, 15) is 37.6 Å². The lowest BCUT2D eigenvalue weighted by Crippen LogP contribution is -2.57. The topological polar surface area (TPSA) is 133 Å². The molecule has 2 aromatic carbocycles. The lowest BCUT2D eigenvalue weighted by Gasteiger charge is -2.42. The number of nitrogens with one attached hydrogen (secondary N) is 1. The Hall–Kier alpha value is -5.47. The average Bonchev–Trinajstić information content (AvgIpc) is 3.77. The van der Waals surface area contributed by atoms with Gasteiger partial charge in [-0.2, -0.15) is 18.4 Å². The summed E-state index contributed by atoms with van der Waals surface area (Å²) in [5.74, 6) is -2.80. The van der Waals surface area contributed by atoms with Crippen LogP contribution in [0.15, 0.2) is 54.7 Å². The van der Waals surface area contributed by atoms with Gasteiger partial charge in [-0.15, -0.1) is 0 Å². The number of piperidine rings is 2. The normalized spacial score (nSPS) is 20.7. The van der Waals surface area contributed by atoms with Crippen molar-refractivity contribution in [3.8, 4) is 17.3 Å². The number of thiocarbonyl (C=S) groups is 1. The molecule has 0 aliphatic carbocycles. The van der Waals surface area contributed by atoms with Gasteiger partial charge in [-0.25, -0.2) is 4.39 Å². The number of rotatable bonds is 8. The average molecular weight is 903 g/mol. The van der Waals surface area contributed by atoms with Gasteiger partial charge >= 0.3 is 6.18 Å². The van der Waals surface area contributed by atoms with E-state index in [-0.39, 0.29) is 34.8 Å². The van der Waals surface area contributed by atoms with Gasteiger partial charge in [0.1, 0.15) is 17.1 Å². The van der Waals surface area contributed by atoms with Crippen LogP contribution in [0.5, 0.6) is 0 Å². The number of pyridine rings is 1. The number of nitriles is 1. The molecule has 1 N–H and O–H groups in total. The molecular formula is C47H54F4N8O4S. The van der Waals surface area contributed by atoms with Gasteiger partial charge in [0.25, 0.3) is 11.8 Å². The fourth-order valence-corrected chi connectivity index (χ4v) is 10.0. The van der Waals surface area contributed by atoms with E-state index in [1.165, 1.54) is 31.0 Å². The number of alkyl halides is 3. The summed E-state index contributed by atoms with van der Waals surface area (Å²) >= 11 is 5.55. The highest BCUT2D eigenvalue weighted by Gasteiger charge is 2.52. The number of carbonyl (C=O) groups is 4. The first-order valence-electron chi connectivity index (χ1n) is 21.8. The third kappa shape index (κ3) is 8.95. The summed E-state index contributed by atoms with van der Waals surface area (Å²) in [4.78, 5) is 67.1. The molecule has 5 heterocycles. The Morgan fingerprint density at radius 2 is 1.58 bits per heavy atom. The van der Waals surface area contributed by atoms with Gasteiger partial charge in [-0.1, -0.05) is 32.9 Å². The number of amides is 4. The smallest absolute Gasteiger partial charge is 0.344 e. The first kappa shape index (κ1) is 46.5. The maximum absolute atomic E-state index is 15.4. The molecule has 3 aromatic rings. The minimum Gasteiger partial charge on any atom is -0.344 e. The number of nitrogens with zero attached hydrogens (tertiary/aromatic N) is 7. The van der Waals surface area contributed by atoms with Crippen molar-refractivity contribution in [3.05, 3.63) is 77.2 Å². The van der Waals surface area contributed by atoms with Crippen LogP contribution < -0.4 is 15.1 Å². The van der Waals surface area contributed by atoms with Crippen molar-refractivity contribution < 1.29 is 36.7 Å². The van der Waals surface area contributed by atoms with E-state index in [0.29, 0.717) is 46.5 Å². The zero-order valence-electron chi connectivity index (χ0n) is 37.0. The first-order chi connectivity index (χ1) is 30.1. The third-order valence-corrected chi connectivity index (χ3v) is 13.6. The Labute approximate surface area is 376 Å². The Morgan fingerprint density at radius 3 is 2.12 bits per heavy atom. The summed E-state index contributed by atoms with van der Waals surface area (Å²) in [6, 6.07) is 13.4. The van der Waals surface area contributed by atoms with E-state index in [2.05, 4.69) is 22.1 Å². The Kier molecular flexibility index (Phi) is 13.0. The van der Waals surface area contributed by atoms with Crippen LogP contribution >= 0.6 is 12.2 Å². The molecule has 4 aliphatic rings. The fraction of sp³-hybridized carbons (Fsp3) is 0.511. The van der Waals surface area contributed by atoms with E-state index in [0.717, 1.165) is 70.3 Å². The summed E-state index contributed by atoms with van der Waals surface area (Å²) in [6.07, 6.45) is 1.32. The zero-order chi connectivity index (χ0) is 46.5. The maximum atomic E-state index is 15.4. The molecule has 1 aromatic heterocycles. The molecule has 4 saturated heterocycles. The molecule has 17 heteroatoms. The van der Waals surface area contributed by atoms with Crippen LogP contribution in [0.1, 0.15) is 102 Å². The highest BCUT2D eigenvalue weighted by Crippen LogP contribution is 2.42. The number of hydrogen-bond donors (Lipinski definition) is 1. The first-order valence-corrected chi connectivity index (χ1v) is 22.2. The van der Waals surface area contributed by atoms with Crippen molar-refractivity contribution in [2.24, 2.45) is 11.3 Å². The van der Waals surface area contributed by atoms with Crippen molar-refractivity contribution in [2.45, 2.75) is 110 Å². The second-order valence-electron chi connectivity index (χ2n) is 18.9. The third-order valence-electron chi connectivity index (χ3n) is 13.3. The van der Waals surface area contributed by atoms with Gasteiger partial charge in [0.15, 0.2) is 10.9 Å². The SMILES string of the molecule is CC1CCCN1C(=O)C(NC(=O)C1CCN(C2CCN(C(=O)c3ccc(-c4ccc(N5C(=S)N(c6ccc(C#N)c(C(F)(F)F)c6F)C(=O)C5(C)C)cn4)cc3)CC2)CC1)C(C)(C)C. The van der Waals surface area contributed by atoms with Gasteiger partial charge in [-0.05, 0) is 126 Å². The fourth-order valence-electron chi connectivity index (χ4n) is 9.50. The highest BCUT2D eigenvalue weighted by molar-refractivity contribution is 7.81. The summed E-state index contributed by atoms with van der Waals surface area (Å²) in [6.45, 7) is 14.6. The molecule has 4 amide bonds. The number of anilines is 2. The van der Waals surface area contributed by atoms with Crippen molar-refractivity contribution in [3.63, 3.8) is 0 Å². The van der Waals surface area contributed by atoms with E-state index >= 15 is 4.39 Å². The quantitative estimate of drug-likeness (QED) is 0.180. The lowest BCUT2D eigenvalue weighted by atomic mass is 9.84. The van der Waals surface area contributed by atoms with Crippen LogP contribution in [0.25, 0.3) is 11.3 Å². The predicted molar refractivity (Wildman–Crippen MR) is 237 cm³/mol. The van der Waals surface area contributed by atoms with Crippen molar-refractivity contribution >= 4 is 52.3 Å². The molecule has 12 nitrogen and oxygen atoms in total. The number of likely N-dealkylation sites (tertiary alicyclic amines) is 3. The summed E-state index contributed by atoms with van der Waals surface area (Å²) < 4.78 is 56.8. The van der Waals surface area contributed by atoms with Crippen molar-refractivity contribution in [1.82, 2.24) is 25.0 Å². The molecule has 0 spiro atoms. The summed E-state index contributed by atoms with van der Waals surface area (Å²) in [7, 11) is 0. The molecule has 2 unspecified atom stereocenters. The summed E-state index contributed by atoms with van der Waals surface area (Å²) in [5.41, 5.74) is -3.12. The second-order valence-corrected chi connectivity index (χ2v) is 19.3. The molecule has 0 radical (unpaired) electrons. The standard InChI is InChI=1S/C47H54F4N8O4S/c1-28-8-7-21-57(28)42(62)39(45(2,3)4)54-40(60)30-17-22-55(23-18-30)33-19-24-56(25-20-33)41(61)31-11-9-29(10-12-31)35-15-14-34(27-53-35)59-44(64)58(43(63)46(59,5)6)36-16-13-32(26-52)37(38(36)48)47(49,50)51/h9-16,27-28,30,33,39H,7-8,17-25H2,1-6H3,(H,54,60). The lowest BCUT2D eigenvalue weighted by molar-refractivity contribution is -0.141. The van der Waals surface area contributed by atoms with Crippen LogP contribution in [-0.4, -0.2) is 105 Å². The van der Waals surface area contributed by atoms with Crippen LogP contribution in [0.2, 0.25) is 0 Å². The minimum atomic E-state index is -5.19. The molecular weight excluding hydrogens is 849 g/mol. The van der Waals surface area contributed by atoms with Crippen molar-refractivity contribution in [1.29, 1.82) is 5.26 Å². The molecule has 64 heavy (non-hydrogen) atoms. The predicted octanol–water partition coefficient (Wildman–Crippen LogP) is 7.55.